The Bertz CT molecular complexity index is 1190. The van der Waals surface area contributed by atoms with Crippen LogP contribution in [-0.2, 0) is 22.3 Å². The molecule has 162 valence electrons. The molecule has 3 aromatic rings. The summed E-state index contributed by atoms with van der Waals surface area (Å²) < 4.78 is 39.4. The number of hydrogen-bond acceptors (Lipinski definition) is 3. The molecule has 7 heteroatoms. The molecule has 1 amide bonds. The average molecular weight is 437 g/mol. The van der Waals surface area contributed by atoms with Crippen molar-refractivity contribution in [2.45, 2.75) is 18.8 Å². The van der Waals surface area contributed by atoms with Crippen LogP contribution in [0.1, 0.15) is 28.3 Å². The predicted octanol–water partition coefficient (Wildman–Crippen LogP) is 5.33. The van der Waals surface area contributed by atoms with Crippen LogP contribution >= 0.6 is 0 Å². The SMILES string of the molecule is O=C1C(=O)N(Cc2cccc(C(F)(F)F)c2)C(c2ccccc2)/C1=C(\O)c1ccccc1. The van der Waals surface area contributed by atoms with Crippen molar-refractivity contribution in [3.63, 3.8) is 0 Å². The van der Waals surface area contributed by atoms with Gasteiger partial charge in [-0.15, -0.1) is 0 Å². The summed E-state index contributed by atoms with van der Waals surface area (Å²) in [6.45, 7) is -0.223. The highest BCUT2D eigenvalue weighted by molar-refractivity contribution is 6.46. The number of halogens is 3. The van der Waals surface area contributed by atoms with Crippen LogP contribution in [-0.4, -0.2) is 21.7 Å². The lowest BCUT2D eigenvalue weighted by Gasteiger charge is -2.25. The quantitative estimate of drug-likeness (QED) is 0.341. The highest BCUT2D eigenvalue weighted by Crippen LogP contribution is 2.40. The monoisotopic (exact) mass is 437 g/mol. The number of benzene rings is 3. The van der Waals surface area contributed by atoms with Gasteiger partial charge in [-0.25, -0.2) is 0 Å². The van der Waals surface area contributed by atoms with Crippen LogP contribution < -0.4 is 0 Å². The summed E-state index contributed by atoms with van der Waals surface area (Å²) in [6, 6.07) is 20.6. The van der Waals surface area contributed by atoms with Gasteiger partial charge in [0.15, 0.2) is 0 Å². The van der Waals surface area contributed by atoms with Crippen molar-refractivity contribution in [2.75, 3.05) is 0 Å². The van der Waals surface area contributed by atoms with Gasteiger partial charge in [-0.05, 0) is 23.3 Å². The van der Waals surface area contributed by atoms with E-state index < -0.39 is 29.5 Å². The summed E-state index contributed by atoms with van der Waals surface area (Å²) >= 11 is 0. The van der Waals surface area contributed by atoms with E-state index in [4.69, 9.17) is 0 Å². The third kappa shape index (κ3) is 4.01. The number of ketones is 1. The van der Waals surface area contributed by atoms with Crippen LogP contribution in [0.4, 0.5) is 13.2 Å². The summed E-state index contributed by atoms with van der Waals surface area (Å²) in [5, 5.41) is 10.9. The number of nitrogens with zero attached hydrogens (tertiary/aromatic N) is 1. The minimum absolute atomic E-state index is 0.0978. The number of likely N-dealkylation sites (tertiary alicyclic amines) is 1. The zero-order valence-corrected chi connectivity index (χ0v) is 16.7. The highest BCUT2D eigenvalue weighted by atomic mass is 19.4. The van der Waals surface area contributed by atoms with Gasteiger partial charge in [-0.3, -0.25) is 9.59 Å². The van der Waals surface area contributed by atoms with E-state index in [0.717, 1.165) is 12.1 Å². The number of carbonyl (C=O) groups is 2. The van der Waals surface area contributed by atoms with E-state index in [1.54, 1.807) is 60.7 Å². The largest absolute Gasteiger partial charge is 0.507 e. The van der Waals surface area contributed by atoms with Crippen molar-refractivity contribution in [1.29, 1.82) is 0 Å². The molecule has 1 heterocycles. The number of carbonyl (C=O) groups excluding carboxylic acids is 2. The third-order valence-electron chi connectivity index (χ3n) is 5.31. The van der Waals surface area contributed by atoms with Gasteiger partial charge in [-0.2, -0.15) is 13.2 Å². The first-order chi connectivity index (χ1) is 15.3. The Morgan fingerprint density at radius 1 is 0.875 bits per heavy atom. The molecule has 32 heavy (non-hydrogen) atoms. The van der Waals surface area contributed by atoms with E-state index in [1.165, 1.54) is 17.0 Å². The number of aliphatic hydroxyl groups excluding tert-OH is 1. The standard InChI is InChI=1S/C25H18F3NO3/c26-25(27,28)19-13-7-8-16(14-19)15-29-21(17-9-3-1-4-10-17)20(23(31)24(29)32)22(30)18-11-5-2-6-12-18/h1-14,21,30H,15H2/b22-20+. The smallest absolute Gasteiger partial charge is 0.416 e. The number of hydrogen-bond donors (Lipinski definition) is 1. The van der Waals surface area contributed by atoms with Gasteiger partial charge in [0.2, 0.25) is 0 Å². The van der Waals surface area contributed by atoms with Crippen molar-refractivity contribution >= 4 is 17.4 Å². The first-order valence-electron chi connectivity index (χ1n) is 9.82. The van der Waals surface area contributed by atoms with Crippen molar-refractivity contribution in [3.8, 4) is 0 Å². The third-order valence-corrected chi connectivity index (χ3v) is 5.31. The Balaban J connectivity index is 1.82. The zero-order valence-electron chi connectivity index (χ0n) is 16.7. The first-order valence-corrected chi connectivity index (χ1v) is 9.82. The lowest BCUT2D eigenvalue weighted by Crippen LogP contribution is -2.29. The second kappa shape index (κ2) is 8.34. The fourth-order valence-electron chi connectivity index (χ4n) is 3.82. The number of Topliss-reactive ketones (excluding diaryl/α,β-unsaturated/α-hetero) is 1. The van der Waals surface area contributed by atoms with Gasteiger partial charge in [0.1, 0.15) is 5.76 Å². The summed E-state index contributed by atoms with van der Waals surface area (Å²) in [4.78, 5) is 27.1. The summed E-state index contributed by atoms with van der Waals surface area (Å²) in [5.74, 6) is -2.09. The van der Waals surface area contributed by atoms with E-state index >= 15 is 0 Å². The van der Waals surface area contributed by atoms with Crippen LogP contribution in [0, 0.1) is 0 Å². The molecule has 3 aromatic carbocycles. The maximum absolute atomic E-state index is 13.1. The van der Waals surface area contributed by atoms with E-state index in [-0.39, 0.29) is 23.4 Å². The maximum Gasteiger partial charge on any atom is 0.416 e. The predicted molar refractivity (Wildman–Crippen MR) is 112 cm³/mol. The molecule has 4 nitrogen and oxygen atoms in total. The van der Waals surface area contributed by atoms with Gasteiger partial charge in [-0.1, -0.05) is 72.8 Å². The molecule has 4 rings (SSSR count). The van der Waals surface area contributed by atoms with Crippen LogP contribution in [0.3, 0.4) is 0 Å². The molecule has 1 unspecified atom stereocenters. The molecule has 0 radical (unpaired) electrons. The topological polar surface area (TPSA) is 57.6 Å². The maximum atomic E-state index is 13.1. The Kier molecular flexibility index (Phi) is 5.57. The molecule has 0 aromatic heterocycles. The Labute approximate surface area is 182 Å². The summed E-state index contributed by atoms with van der Waals surface area (Å²) in [7, 11) is 0. The van der Waals surface area contributed by atoms with Gasteiger partial charge in [0, 0.05) is 12.1 Å². The van der Waals surface area contributed by atoms with E-state index in [1.807, 2.05) is 0 Å². The van der Waals surface area contributed by atoms with E-state index in [2.05, 4.69) is 0 Å². The number of rotatable bonds is 4. The van der Waals surface area contributed by atoms with Crippen LogP contribution in [0.5, 0.6) is 0 Å². The molecule has 1 fully saturated rings. The minimum Gasteiger partial charge on any atom is -0.507 e. The first kappa shape index (κ1) is 21.4. The zero-order chi connectivity index (χ0) is 22.9. The summed E-state index contributed by atoms with van der Waals surface area (Å²) in [5.41, 5.74) is 0.218. The minimum atomic E-state index is -4.53. The molecule has 1 aliphatic heterocycles. The number of alkyl halides is 3. The van der Waals surface area contributed by atoms with Crippen molar-refractivity contribution in [1.82, 2.24) is 4.90 Å². The van der Waals surface area contributed by atoms with Crippen molar-refractivity contribution in [2.24, 2.45) is 0 Å². The Hall–Kier alpha value is -3.87. The molecular formula is C25H18F3NO3. The average Bonchev–Trinajstić information content (AvgIpc) is 3.04. The molecule has 0 saturated carbocycles. The lowest BCUT2D eigenvalue weighted by atomic mass is 9.95. The summed E-state index contributed by atoms with van der Waals surface area (Å²) in [6.07, 6.45) is -4.53. The fraction of sp³-hybridized carbons (Fsp3) is 0.120. The molecule has 1 saturated heterocycles. The van der Waals surface area contributed by atoms with Crippen molar-refractivity contribution < 1.29 is 27.9 Å². The second-order valence-electron chi connectivity index (χ2n) is 7.40. The fourth-order valence-corrected chi connectivity index (χ4v) is 3.82. The lowest BCUT2D eigenvalue weighted by molar-refractivity contribution is -0.140. The Morgan fingerprint density at radius 2 is 1.50 bits per heavy atom. The van der Waals surface area contributed by atoms with Gasteiger partial charge < -0.3 is 10.0 Å². The van der Waals surface area contributed by atoms with E-state index in [9.17, 15) is 27.9 Å². The number of aliphatic hydroxyl groups is 1. The van der Waals surface area contributed by atoms with Crippen LogP contribution in [0.15, 0.2) is 90.5 Å². The molecule has 0 spiro atoms. The molecule has 1 N–H and O–H groups in total. The molecule has 1 atom stereocenters. The van der Waals surface area contributed by atoms with E-state index in [0.29, 0.717) is 11.1 Å². The van der Waals surface area contributed by atoms with Crippen LogP contribution in [0.2, 0.25) is 0 Å². The molecular weight excluding hydrogens is 419 g/mol. The van der Waals surface area contributed by atoms with Gasteiger partial charge >= 0.3 is 6.18 Å². The van der Waals surface area contributed by atoms with Gasteiger partial charge in [0.25, 0.3) is 11.7 Å². The normalized spacial score (nSPS) is 18.2. The van der Waals surface area contributed by atoms with Crippen LogP contribution in [0.25, 0.3) is 5.76 Å². The van der Waals surface area contributed by atoms with Gasteiger partial charge in [0.05, 0.1) is 17.2 Å². The Morgan fingerprint density at radius 3 is 2.12 bits per heavy atom. The number of amides is 1. The van der Waals surface area contributed by atoms with Crippen molar-refractivity contribution in [3.05, 3.63) is 113 Å². The second-order valence-corrected chi connectivity index (χ2v) is 7.40. The molecule has 0 aliphatic carbocycles. The highest BCUT2D eigenvalue weighted by Gasteiger charge is 2.46. The molecule has 0 bridgehead atoms. The molecule has 1 aliphatic rings.